The molecule has 0 spiro atoms. The quantitative estimate of drug-likeness (QED) is 0.851. The monoisotopic (exact) mass is 351 g/mol. The predicted octanol–water partition coefficient (Wildman–Crippen LogP) is 4.13. The van der Waals surface area contributed by atoms with Crippen molar-refractivity contribution >= 4 is 11.7 Å². The molecule has 0 aliphatic rings. The maximum absolute atomic E-state index is 13.0. The van der Waals surface area contributed by atoms with E-state index in [4.69, 9.17) is 0 Å². The molecule has 1 atom stereocenters. The van der Waals surface area contributed by atoms with Crippen LogP contribution >= 0.6 is 0 Å². The van der Waals surface area contributed by atoms with Gasteiger partial charge in [-0.3, -0.25) is 0 Å². The molecule has 0 heterocycles. The Hall–Kier alpha value is -2.54. The summed E-state index contributed by atoms with van der Waals surface area (Å²) in [5, 5.41) is 4.90. The molecule has 7 heteroatoms. The zero-order valence-corrected chi connectivity index (χ0v) is 14.0. The fourth-order valence-corrected chi connectivity index (χ4v) is 2.47. The summed E-state index contributed by atoms with van der Waals surface area (Å²) in [6, 6.07) is 13.7. The van der Waals surface area contributed by atoms with Crippen molar-refractivity contribution in [3.8, 4) is 0 Å². The number of urea groups is 1. The number of hydrogen-bond acceptors (Lipinski definition) is 2. The molecule has 0 fully saturated rings. The molecule has 2 rings (SSSR count). The Morgan fingerprint density at radius 3 is 2.24 bits per heavy atom. The third kappa shape index (κ3) is 5.22. The topological polar surface area (TPSA) is 44.4 Å². The van der Waals surface area contributed by atoms with E-state index in [2.05, 4.69) is 10.6 Å². The number of anilines is 1. The summed E-state index contributed by atoms with van der Waals surface area (Å²) in [5.41, 5.74) is -0.144. The first-order valence-electron chi connectivity index (χ1n) is 7.71. The summed E-state index contributed by atoms with van der Waals surface area (Å²) < 4.78 is 38.9. The lowest BCUT2D eigenvalue weighted by atomic mass is 10.1. The van der Waals surface area contributed by atoms with Gasteiger partial charge in [0, 0.05) is 6.54 Å². The molecule has 134 valence electrons. The summed E-state index contributed by atoms with van der Waals surface area (Å²) >= 11 is 0. The van der Waals surface area contributed by atoms with Gasteiger partial charge in [0.2, 0.25) is 0 Å². The van der Waals surface area contributed by atoms with Gasteiger partial charge in [-0.2, -0.15) is 13.2 Å². The van der Waals surface area contributed by atoms with Gasteiger partial charge in [-0.05, 0) is 31.8 Å². The lowest BCUT2D eigenvalue weighted by molar-refractivity contribution is -0.136. The van der Waals surface area contributed by atoms with Crippen LogP contribution in [0.2, 0.25) is 0 Å². The smallest absolute Gasteiger partial charge is 0.336 e. The van der Waals surface area contributed by atoms with Crippen LogP contribution in [0.5, 0.6) is 0 Å². The first-order valence-corrected chi connectivity index (χ1v) is 7.71. The van der Waals surface area contributed by atoms with Crippen LogP contribution in [0.3, 0.4) is 0 Å². The zero-order chi connectivity index (χ0) is 18.4. The summed E-state index contributed by atoms with van der Waals surface area (Å²) in [5.74, 6) is 0. The molecule has 0 bridgehead atoms. The second kappa shape index (κ2) is 8.02. The maximum atomic E-state index is 13.0. The minimum absolute atomic E-state index is 0.0928. The van der Waals surface area contributed by atoms with Gasteiger partial charge in [0.05, 0.1) is 17.3 Å². The van der Waals surface area contributed by atoms with Gasteiger partial charge in [-0.1, -0.05) is 42.5 Å². The molecule has 0 aromatic heterocycles. The van der Waals surface area contributed by atoms with Gasteiger partial charge in [-0.15, -0.1) is 0 Å². The van der Waals surface area contributed by atoms with Crippen molar-refractivity contribution in [1.29, 1.82) is 0 Å². The Morgan fingerprint density at radius 2 is 1.64 bits per heavy atom. The fourth-order valence-electron chi connectivity index (χ4n) is 2.47. The number of hydrogen-bond donors (Lipinski definition) is 2. The second-order valence-corrected chi connectivity index (χ2v) is 5.77. The van der Waals surface area contributed by atoms with Gasteiger partial charge >= 0.3 is 12.2 Å². The van der Waals surface area contributed by atoms with Crippen molar-refractivity contribution in [1.82, 2.24) is 10.2 Å². The summed E-state index contributed by atoms with van der Waals surface area (Å²) in [6.07, 6.45) is -4.53. The van der Waals surface area contributed by atoms with E-state index in [0.29, 0.717) is 0 Å². The maximum Gasteiger partial charge on any atom is 0.418 e. The SMILES string of the molecule is CN(C)C(CNC(=O)Nc1ccccc1C(F)(F)F)c1ccccc1. The highest BCUT2D eigenvalue weighted by atomic mass is 19.4. The Kier molecular flexibility index (Phi) is 6.03. The predicted molar refractivity (Wildman–Crippen MR) is 91.3 cm³/mol. The van der Waals surface area contributed by atoms with Crippen LogP contribution in [0.15, 0.2) is 54.6 Å². The van der Waals surface area contributed by atoms with Gasteiger partial charge in [0.25, 0.3) is 0 Å². The fraction of sp³-hybridized carbons (Fsp3) is 0.278. The molecule has 0 aliphatic carbocycles. The van der Waals surface area contributed by atoms with Crippen molar-refractivity contribution in [2.24, 2.45) is 0 Å². The van der Waals surface area contributed by atoms with Crippen LogP contribution in [-0.2, 0) is 6.18 Å². The number of nitrogens with one attached hydrogen (secondary N) is 2. The number of alkyl halides is 3. The van der Waals surface area contributed by atoms with E-state index in [0.717, 1.165) is 11.6 Å². The second-order valence-electron chi connectivity index (χ2n) is 5.77. The molecule has 2 aromatic rings. The van der Waals surface area contributed by atoms with Crippen molar-refractivity contribution < 1.29 is 18.0 Å². The van der Waals surface area contributed by atoms with Crippen LogP contribution in [0, 0.1) is 0 Å². The number of halogens is 3. The third-order valence-corrected chi connectivity index (χ3v) is 3.74. The Balaban J connectivity index is 2.03. The molecule has 0 radical (unpaired) electrons. The van der Waals surface area contributed by atoms with Crippen LogP contribution in [0.1, 0.15) is 17.2 Å². The molecule has 25 heavy (non-hydrogen) atoms. The summed E-state index contributed by atoms with van der Waals surface area (Å²) in [6.45, 7) is 0.261. The van der Waals surface area contributed by atoms with Gasteiger partial charge in [0.1, 0.15) is 0 Å². The molecular formula is C18H20F3N3O. The first-order chi connectivity index (χ1) is 11.8. The van der Waals surface area contributed by atoms with E-state index in [1.54, 1.807) is 0 Å². The normalized spacial score (nSPS) is 12.7. The van der Waals surface area contributed by atoms with Gasteiger partial charge < -0.3 is 15.5 Å². The van der Waals surface area contributed by atoms with Crippen molar-refractivity contribution in [2.45, 2.75) is 12.2 Å². The molecule has 2 aromatic carbocycles. The number of rotatable bonds is 5. The Labute approximate surface area is 144 Å². The molecule has 2 N–H and O–H groups in total. The average Bonchev–Trinajstić information content (AvgIpc) is 2.55. The Morgan fingerprint density at radius 1 is 1.04 bits per heavy atom. The third-order valence-electron chi connectivity index (χ3n) is 3.74. The molecule has 0 aliphatic heterocycles. The molecule has 0 saturated heterocycles. The zero-order valence-electron chi connectivity index (χ0n) is 14.0. The van der Waals surface area contributed by atoms with Crippen LogP contribution in [0.4, 0.5) is 23.7 Å². The number of carbonyl (C=O) groups is 1. The summed E-state index contributed by atoms with van der Waals surface area (Å²) in [7, 11) is 3.74. The van der Waals surface area contributed by atoms with Crippen LogP contribution < -0.4 is 10.6 Å². The lowest BCUT2D eigenvalue weighted by Gasteiger charge is -2.25. The molecule has 2 amide bonds. The number of benzene rings is 2. The first kappa shape index (κ1) is 18.8. The standard InChI is InChI=1S/C18H20F3N3O/c1-24(2)16(13-8-4-3-5-9-13)12-22-17(25)23-15-11-7-6-10-14(15)18(19,20)21/h3-11,16H,12H2,1-2H3,(H2,22,23,25). The number of para-hydroxylation sites is 1. The highest BCUT2D eigenvalue weighted by Gasteiger charge is 2.33. The van der Waals surface area contributed by atoms with Crippen LogP contribution in [-0.4, -0.2) is 31.6 Å². The minimum atomic E-state index is -4.53. The number of carbonyl (C=O) groups excluding carboxylic acids is 1. The molecule has 0 saturated carbocycles. The van der Waals surface area contributed by atoms with E-state index in [9.17, 15) is 18.0 Å². The van der Waals surface area contributed by atoms with Gasteiger partial charge in [-0.25, -0.2) is 4.79 Å². The molecule has 1 unspecified atom stereocenters. The van der Waals surface area contributed by atoms with E-state index < -0.39 is 17.8 Å². The highest BCUT2D eigenvalue weighted by molar-refractivity contribution is 5.90. The van der Waals surface area contributed by atoms with E-state index in [1.165, 1.54) is 18.2 Å². The molecular weight excluding hydrogens is 331 g/mol. The van der Waals surface area contributed by atoms with Crippen molar-refractivity contribution in [3.05, 3.63) is 65.7 Å². The molecule has 4 nitrogen and oxygen atoms in total. The minimum Gasteiger partial charge on any atom is -0.336 e. The van der Waals surface area contributed by atoms with E-state index in [1.807, 2.05) is 49.3 Å². The highest BCUT2D eigenvalue weighted by Crippen LogP contribution is 2.34. The number of amides is 2. The van der Waals surface area contributed by atoms with Gasteiger partial charge in [0.15, 0.2) is 0 Å². The number of nitrogens with zero attached hydrogens (tertiary/aromatic N) is 1. The van der Waals surface area contributed by atoms with Crippen LogP contribution in [0.25, 0.3) is 0 Å². The van der Waals surface area contributed by atoms with Crippen molar-refractivity contribution in [3.63, 3.8) is 0 Å². The largest absolute Gasteiger partial charge is 0.418 e. The average molecular weight is 351 g/mol. The summed E-state index contributed by atoms with van der Waals surface area (Å²) in [4.78, 5) is 14.0. The van der Waals surface area contributed by atoms with E-state index >= 15 is 0 Å². The van der Waals surface area contributed by atoms with Crippen molar-refractivity contribution in [2.75, 3.05) is 26.0 Å². The number of likely N-dealkylation sites (N-methyl/N-ethyl adjacent to an activating group) is 1. The van der Waals surface area contributed by atoms with E-state index in [-0.39, 0.29) is 18.3 Å². The Bertz CT molecular complexity index is 702. The lowest BCUT2D eigenvalue weighted by Crippen LogP contribution is -2.37.